The molecule has 0 amide bonds. The Bertz CT molecular complexity index is 843. The van der Waals surface area contributed by atoms with Crippen molar-refractivity contribution in [3.8, 4) is 11.5 Å². The van der Waals surface area contributed by atoms with Crippen molar-refractivity contribution in [2.45, 2.75) is 11.4 Å². The lowest BCUT2D eigenvalue weighted by molar-refractivity contribution is 0.372. The van der Waals surface area contributed by atoms with Gasteiger partial charge in [-0.25, -0.2) is 17.5 Å². The summed E-state index contributed by atoms with van der Waals surface area (Å²) in [6.45, 7) is -0.0385. The Morgan fingerprint density at radius 1 is 1.35 bits per heavy atom. The number of rotatable bonds is 5. The van der Waals surface area contributed by atoms with E-state index in [-0.39, 0.29) is 28.6 Å². The van der Waals surface area contributed by atoms with E-state index in [4.69, 9.17) is 10.5 Å². The molecule has 0 fully saturated rings. The monoisotopic (exact) mass is 452 g/mol. The molecule has 0 saturated carbocycles. The minimum Gasteiger partial charge on any atom is -0.504 e. The zero-order valence-corrected chi connectivity index (χ0v) is 15.0. The van der Waals surface area contributed by atoms with Gasteiger partial charge in [-0.05, 0) is 58.5 Å². The second-order valence-electron chi connectivity index (χ2n) is 4.62. The average molecular weight is 452 g/mol. The summed E-state index contributed by atoms with van der Waals surface area (Å²) in [5.74, 6) is -0.601. The van der Waals surface area contributed by atoms with Crippen LogP contribution < -0.4 is 15.2 Å². The van der Waals surface area contributed by atoms with Crippen LogP contribution in [0.2, 0.25) is 0 Å². The lowest BCUT2D eigenvalue weighted by atomic mass is 10.2. The lowest BCUT2D eigenvalue weighted by Gasteiger charge is -2.11. The van der Waals surface area contributed by atoms with E-state index in [1.54, 1.807) is 0 Å². The number of methoxy groups -OCH3 is 1. The number of phenolic OH excluding ortho intramolecular Hbond substituents is 1. The van der Waals surface area contributed by atoms with Crippen LogP contribution in [0.4, 0.5) is 10.1 Å². The van der Waals surface area contributed by atoms with E-state index >= 15 is 0 Å². The second kappa shape index (κ2) is 6.89. The van der Waals surface area contributed by atoms with Crippen molar-refractivity contribution in [1.29, 1.82) is 0 Å². The first-order chi connectivity index (χ1) is 10.7. The van der Waals surface area contributed by atoms with E-state index in [1.807, 2.05) is 22.6 Å². The third-order valence-electron chi connectivity index (χ3n) is 3.08. The van der Waals surface area contributed by atoms with Gasteiger partial charge >= 0.3 is 0 Å². The standard InChI is InChI=1S/C14H14FIN2O4S/c1-22-14-4-8(11(16)6-13(14)19)7-18-23(20,21)9-2-3-12(17)10(15)5-9/h2-6,18-19H,7,17H2,1H3. The van der Waals surface area contributed by atoms with Crippen molar-refractivity contribution in [2.75, 3.05) is 12.8 Å². The molecule has 124 valence electrons. The first-order valence-electron chi connectivity index (χ1n) is 6.34. The highest BCUT2D eigenvalue weighted by Crippen LogP contribution is 2.30. The maximum absolute atomic E-state index is 13.4. The van der Waals surface area contributed by atoms with Crippen LogP contribution in [-0.4, -0.2) is 20.6 Å². The fraction of sp³-hybridized carbons (Fsp3) is 0.143. The van der Waals surface area contributed by atoms with Gasteiger partial charge in [-0.15, -0.1) is 0 Å². The van der Waals surface area contributed by atoms with Crippen LogP contribution in [0.5, 0.6) is 11.5 Å². The molecule has 0 spiro atoms. The fourth-order valence-electron chi connectivity index (χ4n) is 1.82. The zero-order chi connectivity index (χ0) is 17.2. The first-order valence-corrected chi connectivity index (χ1v) is 8.91. The highest BCUT2D eigenvalue weighted by molar-refractivity contribution is 14.1. The SMILES string of the molecule is COc1cc(CNS(=O)(=O)c2ccc(N)c(F)c2)c(I)cc1O. The van der Waals surface area contributed by atoms with Crippen molar-refractivity contribution >= 4 is 38.3 Å². The maximum atomic E-state index is 13.4. The molecule has 0 radical (unpaired) electrons. The number of benzene rings is 2. The molecule has 6 nitrogen and oxygen atoms in total. The Hall–Kier alpha value is -1.59. The van der Waals surface area contributed by atoms with Gasteiger partial charge in [0.05, 0.1) is 17.7 Å². The highest BCUT2D eigenvalue weighted by atomic mass is 127. The van der Waals surface area contributed by atoms with Gasteiger partial charge in [-0.2, -0.15) is 0 Å². The van der Waals surface area contributed by atoms with Gasteiger partial charge < -0.3 is 15.6 Å². The highest BCUT2D eigenvalue weighted by Gasteiger charge is 2.17. The number of anilines is 1. The Labute approximate surface area is 146 Å². The van der Waals surface area contributed by atoms with Crippen molar-refractivity contribution < 1.29 is 22.7 Å². The number of halogens is 2. The van der Waals surface area contributed by atoms with Crippen LogP contribution in [0.1, 0.15) is 5.56 Å². The minimum atomic E-state index is -3.90. The number of nitrogen functional groups attached to an aromatic ring is 1. The van der Waals surface area contributed by atoms with Crippen molar-refractivity contribution in [1.82, 2.24) is 4.72 Å². The van der Waals surface area contributed by atoms with E-state index in [9.17, 15) is 17.9 Å². The minimum absolute atomic E-state index is 0.0379. The van der Waals surface area contributed by atoms with E-state index in [2.05, 4.69) is 4.72 Å². The van der Waals surface area contributed by atoms with Crippen molar-refractivity contribution in [2.24, 2.45) is 0 Å². The van der Waals surface area contributed by atoms with E-state index in [0.29, 0.717) is 9.13 Å². The van der Waals surface area contributed by atoms with Gasteiger partial charge in [0.15, 0.2) is 11.5 Å². The molecule has 0 aliphatic heterocycles. The summed E-state index contributed by atoms with van der Waals surface area (Å²) in [4.78, 5) is -0.218. The Balaban J connectivity index is 2.24. The number of nitrogens with two attached hydrogens (primary N) is 1. The molecule has 0 aliphatic rings. The first kappa shape index (κ1) is 17.8. The normalized spacial score (nSPS) is 11.4. The third kappa shape index (κ3) is 4.03. The summed E-state index contributed by atoms with van der Waals surface area (Å²) in [6.07, 6.45) is 0. The number of aromatic hydroxyl groups is 1. The summed E-state index contributed by atoms with van der Waals surface area (Å²) in [7, 11) is -2.50. The second-order valence-corrected chi connectivity index (χ2v) is 7.55. The Morgan fingerprint density at radius 3 is 2.65 bits per heavy atom. The molecule has 0 saturated heterocycles. The number of ether oxygens (including phenoxy) is 1. The topological polar surface area (TPSA) is 102 Å². The van der Waals surface area contributed by atoms with Gasteiger partial charge in [-0.3, -0.25) is 0 Å². The Kier molecular flexibility index (Phi) is 5.32. The lowest BCUT2D eigenvalue weighted by Crippen LogP contribution is -2.24. The number of hydrogen-bond acceptors (Lipinski definition) is 5. The van der Waals surface area contributed by atoms with E-state index < -0.39 is 15.8 Å². The molecule has 2 rings (SSSR count). The predicted molar refractivity (Wildman–Crippen MR) is 92.2 cm³/mol. The molecule has 0 atom stereocenters. The molecule has 23 heavy (non-hydrogen) atoms. The van der Waals surface area contributed by atoms with Crippen LogP contribution in [0, 0.1) is 9.39 Å². The summed E-state index contributed by atoms with van der Waals surface area (Å²) < 4.78 is 45.8. The van der Waals surface area contributed by atoms with Crippen LogP contribution in [-0.2, 0) is 16.6 Å². The van der Waals surface area contributed by atoms with Crippen LogP contribution in [0.15, 0.2) is 35.2 Å². The van der Waals surface area contributed by atoms with Gasteiger partial charge in [0.25, 0.3) is 0 Å². The summed E-state index contributed by atoms with van der Waals surface area (Å²) in [5, 5.41) is 9.66. The van der Waals surface area contributed by atoms with Crippen molar-refractivity contribution in [3.63, 3.8) is 0 Å². The molecular formula is C14H14FIN2O4S. The van der Waals surface area contributed by atoms with Gasteiger partial charge in [0, 0.05) is 10.1 Å². The number of phenols is 1. The molecule has 0 aliphatic carbocycles. The molecule has 0 aromatic heterocycles. The predicted octanol–water partition coefficient (Wildman–Crippen LogP) is 2.21. The molecule has 2 aromatic rings. The molecule has 0 unspecified atom stereocenters. The number of hydrogen-bond donors (Lipinski definition) is 3. The summed E-state index contributed by atoms with van der Waals surface area (Å²) >= 11 is 1.97. The fourth-order valence-corrected chi connectivity index (χ4v) is 3.47. The van der Waals surface area contributed by atoms with Crippen LogP contribution in [0.25, 0.3) is 0 Å². The maximum Gasteiger partial charge on any atom is 0.240 e. The summed E-state index contributed by atoms with van der Waals surface area (Å²) in [6, 6.07) is 6.27. The molecule has 0 bridgehead atoms. The van der Waals surface area contributed by atoms with E-state index in [0.717, 1.165) is 6.07 Å². The largest absolute Gasteiger partial charge is 0.504 e. The Morgan fingerprint density at radius 2 is 2.04 bits per heavy atom. The van der Waals surface area contributed by atoms with Crippen molar-refractivity contribution in [3.05, 3.63) is 45.3 Å². The van der Waals surface area contributed by atoms with Gasteiger partial charge in [0.2, 0.25) is 10.0 Å². The van der Waals surface area contributed by atoms with Crippen LogP contribution >= 0.6 is 22.6 Å². The van der Waals surface area contributed by atoms with Crippen LogP contribution in [0.3, 0.4) is 0 Å². The molecule has 2 aromatic carbocycles. The molecule has 0 heterocycles. The smallest absolute Gasteiger partial charge is 0.240 e. The number of sulfonamides is 1. The van der Waals surface area contributed by atoms with Gasteiger partial charge in [-0.1, -0.05) is 0 Å². The molecular weight excluding hydrogens is 438 g/mol. The molecule has 4 N–H and O–H groups in total. The van der Waals surface area contributed by atoms with Gasteiger partial charge in [0.1, 0.15) is 5.82 Å². The quantitative estimate of drug-likeness (QED) is 0.477. The third-order valence-corrected chi connectivity index (χ3v) is 5.49. The zero-order valence-electron chi connectivity index (χ0n) is 12.0. The average Bonchev–Trinajstić information content (AvgIpc) is 2.49. The van der Waals surface area contributed by atoms with E-state index in [1.165, 1.54) is 31.4 Å². The molecule has 9 heteroatoms. The number of nitrogens with one attached hydrogen (secondary N) is 1. The summed E-state index contributed by atoms with van der Waals surface area (Å²) in [5.41, 5.74) is 5.82.